The number of allylic oxidation sites excluding steroid dienone is 1. The van der Waals surface area contributed by atoms with Crippen molar-refractivity contribution in [2.45, 2.75) is 57.0 Å². The molecule has 8 nitrogen and oxygen atoms in total. The Balaban J connectivity index is 1.41. The van der Waals surface area contributed by atoms with Crippen molar-refractivity contribution in [1.29, 1.82) is 0 Å². The number of hydrogen-bond acceptors (Lipinski definition) is 5. The van der Waals surface area contributed by atoms with Crippen LogP contribution < -0.4 is 4.74 Å². The summed E-state index contributed by atoms with van der Waals surface area (Å²) in [7, 11) is 0. The first-order chi connectivity index (χ1) is 21.7. The summed E-state index contributed by atoms with van der Waals surface area (Å²) >= 11 is 0. The molecule has 2 aromatic heterocycles. The molecule has 1 N–H and O–H groups in total. The van der Waals surface area contributed by atoms with E-state index in [0.29, 0.717) is 61.2 Å². The molecular weight excluding hydrogens is 592 g/mol. The normalized spacial score (nSPS) is 18.6. The molecule has 2 aromatic carbocycles. The number of pyridine rings is 1. The largest absolute Gasteiger partial charge is 0.474 e. The minimum atomic E-state index is -4.53. The Morgan fingerprint density at radius 3 is 2.38 bits per heavy atom. The summed E-state index contributed by atoms with van der Waals surface area (Å²) in [6.07, 6.45) is -2.41. The topological polar surface area (TPSA) is 89.7 Å². The second-order valence-corrected chi connectivity index (χ2v) is 11.3. The Kier molecular flexibility index (Phi) is 8.75. The number of hydrogen-bond donors (Lipinski definition) is 1. The van der Waals surface area contributed by atoms with Gasteiger partial charge in [-0.05, 0) is 59.7 Å². The van der Waals surface area contributed by atoms with Gasteiger partial charge in [-0.3, -0.25) is 0 Å². The molecule has 2 fully saturated rings. The van der Waals surface area contributed by atoms with Crippen molar-refractivity contribution < 1.29 is 36.9 Å². The fourth-order valence-electron chi connectivity index (χ4n) is 6.02. The Bertz CT molecular complexity index is 1670. The summed E-state index contributed by atoms with van der Waals surface area (Å²) in [5, 5.41) is 13.5. The third kappa shape index (κ3) is 6.95. The van der Waals surface area contributed by atoms with E-state index in [2.05, 4.69) is 10.1 Å². The minimum Gasteiger partial charge on any atom is -0.474 e. The number of fused-ring (bicyclic) bond motifs is 1. The molecule has 0 aliphatic carbocycles. The van der Waals surface area contributed by atoms with E-state index in [1.807, 2.05) is 0 Å². The average molecular weight is 625 g/mol. The molecule has 0 radical (unpaired) electrons. The molecule has 2 aliphatic rings. The maximum absolute atomic E-state index is 15.3. The van der Waals surface area contributed by atoms with Crippen LogP contribution in [0.1, 0.15) is 61.4 Å². The van der Waals surface area contributed by atoms with Gasteiger partial charge in [0.1, 0.15) is 6.10 Å². The molecule has 45 heavy (non-hydrogen) atoms. The third-order valence-electron chi connectivity index (χ3n) is 8.20. The van der Waals surface area contributed by atoms with Crippen LogP contribution in [0, 0.1) is 5.95 Å². The van der Waals surface area contributed by atoms with Gasteiger partial charge in [0, 0.05) is 50.4 Å². The predicted molar refractivity (Wildman–Crippen MR) is 159 cm³/mol. The van der Waals surface area contributed by atoms with E-state index >= 15 is 4.39 Å². The average Bonchev–Trinajstić information content (AvgIpc) is 3.37. The number of piperidine rings is 1. The van der Waals surface area contributed by atoms with Gasteiger partial charge in [0.2, 0.25) is 11.8 Å². The molecule has 2 saturated heterocycles. The maximum atomic E-state index is 15.3. The number of amides is 1. The lowest BCUT2D eigenvalue weighted by atomic mass is 9.88. The van der Waals surface area contributed by atoms with Crippen LogP contribution in [0.5, 0.6) is 5.88 Å². The van der Waals surface area contributed by atoms with Crippen molar-refractivity contribution in [2.24, 2.45) is 0 Å². The fraction of sp³-hybridized carbons (Fsp3) is 0.364. The number of halogens is 4. The second-order valence-electron chi connectivity index (χ2n) is 11.3. The minimum absolute atomic E-state index is 0.0161. The van der Waals surface area contributed by atoms with Crippen molar-refractivity contribution in [3.8, 4) is 5.88 Å². The van der Waals surface area contributed by atoms with Gasteiger partial charge >= 0.3 is 12.3 Å². The van der Waals surface area contributed by atoms with Crippen molar-refractivity contribution in [2.75, 3.05) is 19.7 Å². The molecular formula is C33H32F4N4O4. The standard InChI is InChI=1S/C33H32F4N4O4/c34-31-25-18-22(9-11-27(25)41(39-31)29-8-4-5-17-44-29)30(26(19-33(35,36)37)21-6-2-1-3-7-21)23-10-12-28(38-20-23)45-24-13-15-40(16-14-24)32(42)43/h1-3,6-7,9-12,18,20,24,29H,4-5,8,13-17,19H2,(H,42,43)/b30-26-. The van der Waals surface area contributed by atoms with Crippen LogP contribution in [0.15, 0.2) is 66.9 Å². The highest BCUT2D eigenvalue weighted by Gasteiger charge is 2.32. The first-order valence-corrected chi connectivity index (χ1v) is 14.9. The lowest BCUT2D eigenvalue weighted by molar-refractivity contribution is -0.122. The summed E-state index contributed by atoms with van der Waals surface area (Å²) in [4.78, 5) is 17.0. The number of likely N-dealkylation sites (tertiary alicyclic amines) is 1. The number of nitrogens with zero attached hydrogens (tertiary/aromatic N) is 4. The highest BCUT2D eigenvalue weighted by atomic mass is 19.4. The molecule has 236 valence electrons. The van der Waals surface area contributed by atoms with Crippen LogP contribution >= 0.6 is 0 Å². The molecule has 4 heterocycles. The molecule has 0 bridgehead atoms. The smallest absolute Gasteiger partial charge is 0.407 e. The highest BCUT2D eigenvalue weighted by molar-refractivity contribution is 6.00. The summed E-state index contributed by atoms with van der Waals surface area (Å²) in [6.45, 7) is 1.22. The molecule has 12 heteroatoms. The zero-order valence-electron chi connectivity index (χ0n) is 24.3. The van der Waals surface area contributed by atoms with E-state index in [4.69, 9.17) is 9.47 Å². The monoisotopic (exact) mass is 624 g/mol. The number of ether oxygens (including phenoxy) is 2. The van der Waals surface area contributed by atoms with Crippen LogP contribution in [0.3, 0.4) is 0 Å². The third-order valence-corrected chi connectivity index (χ3v) is 8.20. The SMILES string of the molecule is O=C(O)N1CCC(Oc2ccc(/C(=C(/CC(F)(F)F)c3ccccc3)c3ccc4c(c3)c(F)nn4C3CCCCO3)cn2)CC1. The van der Waals surface area contributed by atoms with Gasteiger partial charge in [-0.25, -0.2) is 14.5 Å². The number of benzene rings is 2. The molecule has 6 rings (SSSR count). The van der Waals surface area contributed by atoms with E-state index in [1.165, 1.54) is 21.8 Å². The molecule has 1 unspecified atom stereocenters. The molecule has 4 aromatic rings. The Hall–Kier alpha value is -4.45. The van der Waals surface area contributed by atoms with E-state index < -0.39 is 30.9 Å². The summed E-state index contributed by atoms with van der Waals surface area (Å²) in [5.41, 5.74) is 1.93. The first-order valence-electron chi connectivity index (χ1n) is 14.9. The maximum Gasteiger partial charge on any atom is 0.407 e. The summed E-state index contributed by atoms with van der Waals surface area (Å²) < 4.78 is 71.0. The van der Waals surface area contributed by atoms with E-state index in [-0.39, 0.29) is 28.5 Å². The second kappa shape index (κ2) is 12.9. The molecule has 0 spiro atoms. The quantitative estimate of drug-likeness (QED) is 0.167. The van der Waals surface area contributed by atoms with Crippen LogP contribution in [0.2, 0.25) is 0 Å². The molecule has 2 aliphatic heterocycles. The van der Waals surface area contributed by atoms with Crippen LogP contribution in [-0.4, -0.2) is 62.8 Å². The highest BCUT2D eigenvalue weighted by Crippen LogP contribution is 2.40. The molecule has 0 saturated carbocycles. The first kappa shape index (κ1) is 30.6. The summed E-state index contributed by atoms with van der Waals surface area (Å²) in [5.74, 6) is -0.451. The van der Waals surface area contributed by atoms with E-state index in [9.17, 15) is 23.1 Å². The fourth-order valence-corrected chi connectivity index (χ4v) is 6.02. The van der Waals surface area contributed by atoms with Gasteiger partial charge in [-0.15, -0.1) is 5.10 Å². The Morgan fingerprint density at radius 1 is 0.978 bits per heavy atom. The lowest BCUT2D eigenvalue weighted by Crippen LogP contribution is -2.41. The van der Waals surface area contributed by atoms with Gasteiger partial charge in [0.15, 0.2) is 6.23 Å². The lowest BCUT2D eigenvalue weighted by Gasteiger charge is -2.29. The Labute approximate surface area is 256 Å². The van der Waals surface area contributed by atoms with Crippen molar-refractivity contribution >= 4 is 28.1 Å². The zero-order chi connectivity index (χ0) is 31.6. The zero-order valence-corrected chi connectivity index (χ0v) is 24.3. The van der Waals surface area contributed by atoms with Crippen molar-refractivity contribution in [1.82, 2.24) is 19.7 Å². The summed E-state index contributed by atoms with van der Waals surface area (Å²) in [6, 6.07) is 16.4. The van der Waals surface area contributed by atoms with Gasteiger partial charge in [-0.2, -0.15) is 17.6 Å². The predicted octanol–water partition coefficient (Wildman–Crippen LogP) is 7.70. The van der Waals surface area contributed by atoms with Gasteiger partial charge < -0.3 is 19.5 Å². The van der Waals surface area contributed by atoms with Crippen molar-refractivity contribution in [3.63, 3.8) is 0 Å². The van der Waals surface area contributed by atoms with Crippen LogP contribution in [0.25, 0.3) is 22.0 Å². The number of alkyl halides is 3. The number of carbonyl (C=O) groups is 1. The van der Waals surface area contributed by atoms with Gasteiger partial charge in [0.05, 0.1) is 17.3 Å². The van der Waals surface area contributed by atoms with Crippen molar-refractivity contribution in [3.05, 3.63) is 89.5 Å². The Morgan fingerprint density at radius 2 is 1.73 bits per heavy atom. The van der Waals surface area contributed by atoms with E-state index in [0.717, 1.165) is 12.8 Å². The number of aromatic nitrogens is 3. The van der Waals surface area contributed by atoms with Crippen LogP contribution in [-0.2, 0) is 4.74 Å². The number of carboxylic acid groups (broad SMARTS) is 1. The molecule has 1 atom stereocenters. The van der Waals surface area contributed by atoms with Crippen LogP contribution in [0.4, 0.5) is 22.4 Å². The number of rotatable bonds is 7. The van der Waals surface area contributed by atoms with Gasteiger partial charge in [-0.1, -0.05) is 36.4 Å². The van der Waals surface area contributed by atoms with Gasteiger partial charge in [0.25, 0.3) is 0 Å². The molecule has 1 amide bonds. The van der Waals surface area contributed by atoms with E-state index in [1.54, 1.807) is 54.6 Å².